The fourth-order valence-corrected chi connectivity index (χ4v) is 3.40. The van der Waals surface area contributed by atoms with Gasteiger partial charge in [-0.1, -0.05) is 12.8 Å². The summed E-state index contributed by atoms with van der Waals surface area (Å²) in [4.78, 5) is 26.7. The van der Waals surface area contributed by atoms with Crippen molar-refractivity contribution in [2.75, 3.05) is 13.6 Å². The third kappa shape index (κ3) is 2.85. The van der Waals surface area contributed by atoms with Gasteiger partial charge < -0.3 is 14.9 Å². The van der Waals surface area contributed by atoms with E-state index in [2.05, 4.69) is 0 Å². The highest BCUT2D eigenvalue weighted by molar-refractivity contribution is 5.82. The lowest BCUT2D eigenvalue weighted by molar-refractivity contribution is -0.141. The molecule has 2 atom stereocenters. The van der Waals surface area contributed by atoms with Crippen LogP contribution in [0.15, 0.2) is 0 Å². The van der Waals surface area contributed by atoms with Gasteiger partial charge in [0.15, 0.2) is 0 Å². The van der Waals surface area contributed by atoms with Crippen molar-refractivity contribution in [1.29, 1.82) is 0 Å². The fourth-order valence-electron chi connectivity index (χ4n) is 3.40. The van der Waals surface area contributed by atoms with Crippen molar-refractivity contribution in [3.63, 3.8) is 0 Å². The van der Waals surface area contributed by atoms with E-state index >= 15 is 0 Å². The molecule has 1 aliphatic carbocycles. The van der Waals surface area contributed by atoms with Gasteiger partial charge in [-0.2, -0.15) is 0 Å². The Morgan fingerprint density at radius 1 is 1.21 bits per heavy atom. The maximum atomic E-state index is 12.4. The first kappa shape index (κ1) is 14.2. The number of likely N-dealkylation sites (N-methyl/N-ethyl adjacent to an activating group) is 1. The van der Waals surface area contributed by atoms with Gasteiger partial charge in [0.05, 0.1) is 0 Å². The third-order valence-electron chi connectivity index (χ3n) is 4.73. The van der Waals surface area contributed by atoms with Gasteiger partial charge in [-0.3, -0.25) is 0 Å². The molecule has 0 bridgehead atoms. The average molecular weight is 268 g/mol. The number of aliphatic carboxylic acids is 1. The van der Waals surface area contributed by atoms with Crippen LogP contribution >= 0.6 is 0 Å². The van der Waals surface area contributed by atoms with Gasteiger partial charge in [0, 0.05) is 19.6 Å². The molecule has 2 rings (SSSR count). The zero-order valence-electron chi connectivity index (χ0n) is 11.8. The molecule has 0 spiro atoms. The van der Waals surface area contributed by atoms with Gasteiger partial charge in [-0.15, -0.1) is 0 Å². The molecule has 5 heteroatoms. The van der Waals surface area contributed by atoms with Crippen molar-refractivity contribution < 1.29 is 14.7 Å². The number of hydrogen-bond donors (Lipinski definition) is 1. The third-order valence-corrected chi connectivity index (χ3v) is 4.73. The number of rotatable bonds is 3. The number of urea groups is 1. The number of nitrogens with zero attached hydrogens (tertiary/aromatic N) is 2. The monoisotopic (exact) mass is 268 g/mol. The first-order valence-electron chi connectivity index (χ1n) is 7.28. The summed E-state index contributed by atoms with van der Waals surface area (Å²) in [6.07, 6.45) is 7.09. The normalized spacial score (nSPS) is 25.6. The lowest BCUT2D eigenvalue weighted by Gasteiger charge is -2.34. The molecule has 5 nitrogen and oxygen atoms in total. The van der Waals surface area contributed by atoms with Crippen molar-refractivity contribution in [2.24, 2.45) is 5.92 Å². The molecule has 2 unspecified atom stereocenters. The summed E-state index contributed by atoms with van der Waals surface area (Å²) < 4.78 is 0. The molecule has 1 saturated carbocycles. The van der Waals surface area contributed by atoms with Crippen LogP contribution in [-0.4, -0.2) is 52.6 Å². The van der Waals surface area contributed by atoms with E-state index < -0.39 is 12.0 Å². The zero-order valence-corrected chi connectivity index (χ0v) is 11.8. The van der Waals surface area contributed by atoms with Gasteiger partial charge in [-0.05, 0) is 38.5 Å². The van der Waals surface area contributed by atoms with Crippen molar-refractivity contribution in [3.05, 3.63) is 0 Å². The van der Waals surface area contributed by atoms with Crippen LogP contribution in [0.25, 0.3) is 0 Å². The molecule has 1 aliphatic heterocycles. The summed E-state index contributed by atoms with van der Waals surface area (Å²) >= 11 is 0. The minimum absolute atomic E-state index is 0.121. The molecule has 1 saturated heterocycles. The quantitative estimate of drug-likeness (QED) is 0.853. The fraction of sp³-hybridized carbons (Fsp3) is 0.857. The van der Waals surface area contributed by atoms with Gasteiger partial charge >= 0.3 is 12.0 Å². The molecule has 108 valence electrons. The molecule has 0 aromatic rings. The maximum absolute atomic E-state index is 12.4. The average Bonchev–Trinajstić information content (AvgIpc) is 3.05. The summed E-state index contributed by atoms with van der Waals surface area (Å²) in [7, 11) is 1.59. The second kappa shape index (κ2) is 5.80. The largest absolute Gasteiger partial charge is 0.480 e. The molecule has 2 aliphatic rings. The number of hydrogen-bond acceptors (Lipinski definition) is 2. The van der Waals surface area contributed by atoms with Crippen LogP contribution in [0, 0.1) is 5.92 Å². The standard InChI is InChI=1S/C14H24N2O3/c1-10(13(17)18)15(2)14(19)16-9-5-8-12(16)11-6-3-4-7-11/h10-12H,3-9H2,1-2H3,(H,17,18). The Morgan fingerprint density at radius 3 is 2.42 bits per heavy atom. The van der Waals surface area contributed by atoms with E-state index in [1.807, 2.05) is 4.90 Å². The lowest BCUT2D eigenvalue weighted by Crippen LogP contribution is -2.50. The van der Waals surface area contributed by atoms with E-state index in [0.29, 0.717) is 12.0 Å². The SMILES string of the molecule is CC(C(=O)O)N(C)C(=O)N1CCCC1C1CCCC1. The number of carboxylic acids is 1. The molecule has 2 amide bonds. The Kier molecular flexibility index (Phi) is 4.32. The highest BCUT2D eigenvalue weighted by Gasteiger charge is 2.38. The van der Waals surface area contributed by atoms with E-state index in [-0.39, 0.29) is 6.03 Å². The predicted octanol–water partition coefficient (Wildman–Crippen LogP) is 2.17. The van der Waals surface area contributed by atoms with Crippen LogP contribution in [-0.2, 0) is 4.79 Å². The number of carbonyl (C=O) groups excluding carboxylic acids is 1. The molecule has 19 heavy (non-hydrogen) atoms. The van der Waals surface area contributed by atoms with Crippen molar-refractivity contribution in [3.8, 4) is 0 Å². The van der Waals surface area contributed by atoms with Crippen LogP contribution in [0.5, 0.6) is 0 Å². The molecular formula is C14H24N2O3. The second-order valence-corrected chi connectivity index (χ2v) is 5.86. The van der Waals surface area contributed by atoms with Crippen LogP contribution in [0.1, 0.15) is 45.4 Å². The van der Waals surface area contributed by atoms with Crippen LogP contribution < -0.4 is 0 Å². The molecule has 0 aromatic heterocycles. The Labute approximate surface area is 114 Å². The summed E-state index contributed by atoms with van der Waals surface area (Å²) in [5.74, 6) is -0.326. The Balaban J connectivity index is 2.02. The van der Waals surface area contributed by atoms with Crippen molar-refractivity contribution in [2.45, 2.75) is 57.5 Å². The minimum atomic E-state index is -0.951. The van der Waals surface area contributed by atoms with E-state index in [4.69, 9.17) is 5.11 Å². The van der Waals surface area contributed by atoms with E-state index in [9.17, 15) is 9.59 Å². The summed E-state index contributed by atoms with van der Waals surface area (Å²) in [6, 6.07) is -0.555. The predicted molar refractivity (Wildman–Crippen MR) is 71.9 cm³/mol. The Morgan fingerprint density at radius 2 is 1.84 bits per heavy atom. The zero-order chi connectivity index (χ0) is 14.0. The van der Waals surface area contributed by atoms with E-state index in [1.165, 1.54) is 30.6 Å². The Bertz CT molecular complexity index is 353. The Hall–Kier alpha value is -1.26. The lowest BCUT2D eigenvalue weighted by atomic mass is 9.96. The van der Waals surface area contributed by atoms with Crippen LogP contribution in [0.2, 0.25) is 0 Å². The van der Waals surface area contributed by atoms with Gasteiger partial charge in [0.1, 0.15) is 6.04 Å². The molecule has 1 heterocycles. The topological polar surface area (TPSA) is 60.9 Å². The van der Waals surface area contributed by atoms with Crippen molar-refractivity contribution in [1.82, 2.24) is 9.80 Å². The first-order valence-corrected chi connectivity index (χ1v) is 7.28. The molecular weight excluding hydrogens is 244 g/mol. The van der Waals surface area contributed by atoms with Gasteiger partial charge in [-0.25, -0.2) is 9.59 Å². The molecule has 0 radical (unpaired) electrons. The summed E-state index contributed by atoms with van der Waals surface area (Å²) in [6.45, 7) is 2.33. The molecule has 2 fully saturated rings. The van der Waals surface area contributed by atoms with E-state index in [1.54, 1.807) is 14.0 Å². The van der Waals surface area contributed by atoms with Crippen molar-refractivity contribution >= 4 is 12.0 Å². The second-order valence-electron chi connectivity index (χ2n) is 5.86. The highest BCUT2D eigenvalue weighted by atomic mass is 16.4. The number of likely N-dealkylation sites (tertiary alicyclic amines) is 1. The van der Waals surface area contributed by atoms with Gasteiger partial charge in [0.2, 0.25) is 0 Å². The van der Waals surface area contributed by atoms with Gasteiger partial charge in [0.25, 0.3) is 0 Å². The number of amides is 2. The molecule has 1 N–H and O–H groups in total. The molecule has 0 aromatic carbocycles. The highest BCUT2D eigenvalue weighted by Crippen LogP contribution is 2.35. The number of carbonyl (C=O) groups is 2. The van der Waals surface area contributed by atoms with Crippen LogP contribution in [0.3, 0.4) is 0 Å². The summed E-state index contributed by atoms with van der Waals surface area (Å²) in [5, 5.41) is 9.01. The first-order chi connectivity index (χ1) is 9.02. The maximum Gasteiger partial charge on any atom is 0.326 e. The number of carboxylic acid groups (broad SMARTS) is 1. The summed E-state index contributed by atoms with van der Waals surface area (Å²) in [5.41, 5.74) is 0. The minimum Gasteiger partial charge on any atom is -0.480 e. The smallest absolute Gasteiger partial charge is 0.326 e. The van der Waals surface area contributed by atoms with E-state index in [0.717, 1.165) is 19.4 Å². The van der Waals surface area contributed by atoms with Crippen LogP contribution in [0.4, 0.5) is 4.79 Å².